The minimum Gasteiger partial charge on any atom is -0.384 e. The fourth-order valence-electron chi connectivity index (χ4n) is 1.21. The molecular formula is C10H7F3N4. The van der Waals surface area contributed by atoms with Crippen LogP contribution in [0.1, 0.15) is 0 Å². The van der Waals surface area contributed by atoms with Crippen LogP contribution in [0.15, 0.2) is 24.4 Å². The number of anilines is 3. The summed E-state index contributed by atoms with van der Waals surface area (Å²) in [5.74, 6) is -3.08. The molecule has 0 radical (unpaired) electrons. The lowest BCUT2D eigenvalue weighted by Gasteiger charge is -2.07. The van der Waals surface area contributed by atoms with E-state index >= 15 is 0 Å². The van der Waals surface area contributed by atoms with Gasteiger partial charge in [-0.25, -0.2) is 18.2 Å². The monoisotopic (exact) mass is 240 g/mol. The molecular weight excluding hydrogens is 233 g/mol. The van der Waals surface area contributed by atoms with Gasteiger partial charge in [-0.15, -0.1) is 0 Å². The predicted molar refractivity (Wildman–Crippen MR) is 56.0 cm³/mol. The van der Waals surface area contributed by atoms with Gasteiger partial charge in [0.25, 0.3) is 0 Å². The Morgan fingerprint density at radius 3 is 2.35 bits per heavy atom. The van der Waals surface area contributed by atoms with Crippen molar-refractivity contribution in [2.24, 2.45) is 0 Å². The molecule has 17 heavy (non-hydrogen) atoms. The van der Waals surface area contributed by atoms with E-state index in [0.29, 0.717) is 12.1 Å². The quantitative estimate of drug-likeness (QED) is 0.844. The number of nitrogens with zero attached hydrogens (tertiary/aromatic N) is 2. The van der Waals surface area contributed by atoms with Gasteiger partial charge in [0.05, 0.1) is 0 Å². The normalized spacial score (nSPS) is 10.3. The number of aromatic nitrogens is 2. The maximum absolute atomic E-state index is 13.3. The zero-order chi connectivity index (χ0) is 12.4. The number of nitrogen functional groups attached to an aromatic ring is 1. The Kier molecular flexibility index (Phi) is 2.82. The van der Waals surface area contributed by atoms with E-state index in [0.717, 1.165) is 0 Å². The van der Waals surface area contributed by atoms with E-state index in [4.69, 9.17) is 5.73 Å². The average Bonchev–Trinajstić information content (AvgIpc) is 2.23. The summed E-state index contributed by atoms with van der Waals surface area (Å²) in [6, 6.07) is 2.53. The van der Waals surface area contributed by atoms with Crippen molar-refractivity contribution in [1.82, 2.24) is 9.97 Å². The van der Waals surface area contributed by atoms with Crippen LogP contribution in [0.5, 0.6) is 0 Å². The average molecular weight is 240 g/mol. The van der Waals surface area contributed by atoms with Gasteiger partial charge in [0.2, 0.25) is 5.95 Å². The third-order valence-corrected chi connectivity index (χ3v) is 1.92. The van der Waals surface area contributed by atoms with Crippen molar-refractivity contribution in [3.05, 3.63) is 41.8 Å². The largest absolute Gasteiger partial charge is 0.384 e. The summed E-state index contributed by atoms with van der Waals surface area (Å²) in [7, 11) is 0. The maximum atomic E-state index is 13.3. The van der Waals surface area contributed by atoms with Crippen molar-refractivity contribution < 1.29 is 13.2 Å². The Labute approximate surface area is 94.3 Å². The maximum Gasteiger partial charge on any atom is 0.229 e. The third-order valence-electron chi connectivity index (χ3n) is 1.92. The molecule has 0 aliphatic rings. The topological polar surface area (TPSA) is 63.8 Å². The van der Waals surface area contributed by atoms with Gasteiger partial charge in [0.1, 0.15) is 17.3 Å². The molecule has 0 atom stereocenters. The lowest BCUT2D eigenvalue weighted by Crippen LogP contribution is -2.03. The van der Waals surface area contributed by atoms with Crippen LogP contribution in [0.4, 0.5) is 30.6 Å². The first kappa shape index (κ1) is 11.2. The van der Waals surface area contributed by atoms with Gasteiger partial charge in [0, 0.05) is 18.3 Å². The minimum atomic E-state index is -1.08. The molecule has 2 rings (SSSR count). The molecule has 88 valence electrons. The number of nitrogens with one attached hydrogen (secondary N) is 1. The summed E-state index contributed by atoms with van der Waals surface area (Å²) >= 11 is 0. The summed E-state index contributed by atoms with van der Waals surface area (Å²) in [5.41, 5.74) is 4.84. The number of rotatable bonds is 2. The molecule has 7 heteroatoms. The molecule has 0 amide bonds. The number of nitrogens with two attached hydrogens (primary N) is 1. The molecule has 0 aliphatic carbocycles. The third kappa shape index (κ3) is 2.44. The van der Waals surface area contributed by atoms with Gasteiger partial charge < -0.3 is 11.1 Å². The Morgan fingerprint density at radius 2 is 1.76 bits per heavy atom. The van der Waals surface area contributed by atoms with Gasteiger partial charge in [-0.05, 0) is 6.07 Å². The fourth-order valence-corrected chi connectivity index (χ4v) is 1.21. The van der Waals surface area contributed by atoms with Crippen molar-refractivity contribution in [3.63, 3.8) is 0 Å². The zero-order valence-electron chi connectivity index (χ0n) is 8.42. The molecule has 0 fully saturated rings. The second kappa shape index (κ2) is 4.28. The number of benzene rings is 1. The molecule has 1 aromatic carbocycles. The SMILES string of the molecule is Nc1ccnc(Nc2c(F)cc(F)cc2F)n1. The van der Waals surface area contributed by atoms with Crippen LogP contribution in [0.25, 0.3) is 0 Å². The first-order chi connectivity index (χ1) is 8.06. The standard InChI is InChI=1S/C10H7F3N4/c11-5-3-6(12)9(7(13)4-5)17-10-15-2-1-8(14)16-10/h1-4H,(H3,14,15,16,17). The zero-order valence-corrected chi connectivity index (χ0v) is 8.42. The summed E-state index contributed by atoms with van der Waals surface area (Å²) in [6.45, 7) is 0. The minimum absolute atomic E-state index is 0.0746. The Morgan fingerprint density at radius 1 is 1.12 bits per heavy atom. The van der Waals surface area contributed by atoms with Gasteiger partial charge >= 0.3 is 0 Å². The van der Waals surface area contributed by atoms with Gasteiger partial charge in [0.15, 0.2) is 11.6 Å². The van der Waals surface area contributed by atoms with Crippen LogP contribution < -0.4 is 11.1 Å². The van der Waals surface area contributed by atoms with Crippen LogP contribution in [0.3, 0.4) is 0 Å². The number of halogens is 3. The van der Waals surface area contributed by atoms with E-state index < -0.39 is 23.1 Å². The molecule has 0 aliphatic heterocycles. The summed E-state index contributed by atoms with van der Waals surface area (Å²) in [5, 5.41) is 2.29. The molecule has 1 heterocycles. The van der Waals surface area contributed by atoms with Crippen LogP contribution >= 0.6 is 0 Å². The summed E-state index contributed by atoms with van der Waals surface area (Å²) in [6.07, 6.45) is 1.32. The highest BCUT2D eigenvalue weighted by Crippen LogP contribution is 2.22. The molecule has 0 spiro atoms. The molecule has 0 bridgehead atoms. The number of hydrogen-bond donors (Lipinski definition) is 2. The van der Waals surface area contributed by atoms with Crippen molar-refractivity contribution in [3.8, 4) is 0 Å². The molecule has 0 saturated carbocycles. The molecule has 3 N–H and O–H groups in total. The van der Waals surface area contributed by atoms with E-state index in [1.807, 2.05) is 0 Å². The van der Waals surface area contributed by atoms with E-state index in [2.05, 4.69) is 15.3 Å². The van der Waals surface area contributed by atoms with Crippen molar-refractivity contribution in [2.45, 2.75) is 0 Å². The van der Waals surface area contributed by atoms with Crippen LogP contribution in [-0.2, 0) is 0 Å². The Balaban J connectivity index is 2.36. The Bertz CT molecular complexity index is 536. The highest BCUT2D eigenvalue weighted by molar-refractivity contribution is 5.55. The molecule has 1 aromatic heterocycles. The van der Waals surface area contributed by atoms with Gasteiger partial charge in [-0.2, -0.15) is 4.98 Å². The van der Waals surface area contributed by atoms with Crippen LogP contribution in [0.2, 0.25) is 0 Å². The first-order valence-corrected chi connectivity index (χ1v) is 4.56. The second-order valence-corrected chi connectivity index (χ2v) is 3.17. The molecule has 0 unspecified atom stereocenters. The smallest absolute Gasteiger partial charge is 0.229 e. The van der Waals surface area contributed by atoms with Crippen LogP contribution in [-0.4, -0.2) is 9.97 Å². The highest BCUT2D eigenvalue weighted by atomic mass is 19.1. The lowest BCUT2D eigenvalue weighted by atomic mass is 10.3. The molecule has 4 nitrogen and oxygen atoms in total. The summed E-state index contributed by atoms with van der Waals surface area (Å²) < 4.78 is 39.2. The Hall–Kier alpha value is -2.31. The highest BCUT2D eigenvalue weighted by Gasteiger charge is 2.12. The van der Waals surface area contributed by atoms with E-state index in [1.165, 1.54) is 12.3 Å². The van der Waals surface area contributed by atoms with Crippen molar-refractivity contribution >= 4 is 17.5 Å². The predicted octanol–water partition coefficient (Wildman–Crippen LogP) is 2.22. The van der Waals surface area contributed by atoms with Crippen LogP contribution in [0, 0.1) is 17.5 Å². The lowest BCUT2D eigenvalue weighted by molar-refractivity contribution is 0.548. The molecule has 2 aromatic rings. The van der Waals surface area contributed by atoms with E-state index in [9.17, 15) is 13.2 Å². The fraction of sp³-hybridized carbons (Fsp3) is 0. The van der Waals surface area contributed by atoms with Crippen molar-refractivity contribution in [2.75, 3.05) is 11.1 Å². The second-order valence-electron chi connectivity index (χ2n) is 3.17. The van der Waals surface area contributed by atoms with Crippen molar-refractivity contribution in [1.29, 1.82) is 0 Å². The van der Waals surface area contributed by atoms with Gasteiger partial charge in [-0.1, -0.05) is 0 Å². The summed E-state index contributed by atoms with van der Waals surface area (Å²) in [4.78, 5) is 7.41. The number of hydrogen-bond acceptors (Lipinski definition) is 4. The first-order valence-electron chi connectivity index (χ1n) is 4.56. The molecule has 0 saturated heterocycles. The van der Waals surface area contributed by atoms with E-state index in [1.54, 1.807) is 0 Å². The van der Waals surface area contributed by atoms with Gasteiger partial charge in [-0.3, -0.25) is 0 Å². The van der Waals surface area contributed by atoms with E-state index in [-0.39, 0.29) is 11.8 Å².